The van der Waals surface area contributed by atoms with Gasteiger partial charge in [0, 0.05) is 9.58 Å². The molecule has 0 spiro atoms. The summed E-state index contributed by atoms with van der Waals surface area (Å²) in [6, 6.07) is 19.8. The van der Waals surface area contributed by atoms with Crippen LogP contribution in [0, 0.1) is 0 Å². The topological polar surface area (TPSA) is 0 Å². The zero-order valence-corrected chi connectivity index (χ0v) is 15.0. The Morgan fingerprint density at radius 2 is 1.62 bits per heavy atom. The summed E-state index contributed by atoms with van der Waals surface area (Å²) in [4.78, 5) is 1.63. The maximum atomic E-state index is 3.86. The van der Waals surface area contributed by atoms with Gasteiger partial charge in [-0.3, -0.25) is 0 Å². The Labute approximate surface area is 139 Å². The SMILES string of the molecule is CC(C)(C)c1ccc(C(Br)c2cc3ccccc3s2)cc1. The molecule has 0 aliphatic rings. The van der Waals surface area contributed by atoms with Crippen molar-refractivity contribution in [2.24, 2.45) is 0 Å². The average Bonchev–Trinajstić information content (AvgIpc) is 2.89. The number of alkyl halides is 1. The van der Waals surface area contributed by atoms with Crippen LogP contribution in [0.3, 0.4) is 0 Å². The molecule has 0 bridgehead atoms. The third kappa shape index (κ3) is 3.07. The maximum Gasteiger partial charge on any atom is 0.0738 e. The zero-order valence-electron chi connectivity index (χ0n) is 12.6. The quantitative estimate of drug-likeness (QED) is 0.448. The highest BCUT2D eigenvalue weighted by Crippen LogP contribution is 2.38. The van der Waals surface area contributed by atoms with Crippen molar-refractivity contribution in [3.63, 3.8) is 0 Å². The number of fused-ring (bicyclic) bond motifs is 1. The fourth-order valence-electron chi connectivity index (χ4n) is 2.44. The van der Waals surface area contributed by atoms with Gasteiger partial charge in [0.05, 0.1) is 4.83 Å². The van der Waals surface area contributed by atoms with E-state index in [1.165, 1.54) is 26.1 Å². The molecule has 0 amide bonds. The molecule has 0 saturated carbocycles. The van der Waals surface area contributed by atoms with Crippen molar-refractivity contribution in [1.82, 2.24) is 0 Å². The lowest BCUT2D eigenvalue weighted by molar-refractivity contribution is 0.590. The van der Waals surface area contributed by atoms with E-state index >= 15 is 0 Å². The van der Waals surface area contributed by atoms with E-state index in [4.69, 9.17) is 0 Å². The first-order chi connectivity index (χ1) is 9.95. The number of benzene rings is 2. The molecule has 0 N–H and O–H groups in total. The van der Waals surface area contributed by atoms with Crippen LogP contribution in [0.4, 0.5) is 0 Å². The lowest BCUT2D eigenvalue weighted by Crippen LogP contribution is -2.10. The monoisotopic (exact) mass is 358 g/mol. The summed E-state index contributed by atoms with van der Waals surface area (Å²) >= 11 is 5.72. The molecule has 0 fully saturated rings. The second-order valence-corrected chi connectivity index (χ2v) is 8.45. The summed E-state index contributed by atoms with van der Waals surface area (Å²) < 4.78 is 1.35. The molecule has 1 unspecified atom stereocenters. The lowest BCUT2D eigenvalue weighted by atomic mass is 9.86. The zero-order chi connectivity index (χ0) is 15.0. The van der Waals surface area contributed by atoms with Crippen molar-refractivity contribution in [1.29, 1.82) is 0 Å². The molecule has 0 aliphatic heterocycles. The van der Waals surface area contributed by atoms with E-state index < -0.39 is 0 Å². The number of hydrogen-bond acceptors (Lipinski definition) is 1. The van der Waals surface area contributed by atoms with Gasteiger partial charge in [-0.25, -0.2) is 0 Å². The Balaban J connectivity index is 1.92. The van der Waals surface area contributed by atoms with Gasteiger partial charge in [0.15, 0.2) is 0 Å². The molecule has 0 saturated heterocycles. The normalized spacial score (nSPS) is 13.5. The highest BCUT2D eigenvalue weighted by atomic mass is 79.9. The molecule has 0 nitrogen and oxygen atoms in total. The minimum absolute atomic E-state index is 0.206. The largest absolute Gasteiger partial charge is 0.139 e. The van der Waals surface area contributed by atoms with Gasteiger partial charge in [0.1, 0.15) is 0 Å². The first-order valence-corrected chi connectivity index (χ1v) is 8.91. The molecule has 3 rings (SSSR count). The highest BCUT2D eigenvalue weighted by molar-refractivity contribution is 9.09. The van der Waals surface area contributed by atoms with Crippen LogP contribution in [0.5, 0.6) is 0 Å². The smallest absolute Gasteiger partial charge is 0.0738 e. The van der Waals surface area contributed by atoms with Crippen molar-refractivity contribution in [3.05, 3.63) is 70.6 Å². The molecule has 2 aromatic carbocycles. The summed E-state index contributed by atoms with van der Waals surface area (Å²) in [6.07, 6.45) is 0. The predicted octanol–water partition coefficient (Wildman–Crippen LogP) is 6.68. The van der Waals surface area contributed by atoms with Gasteiger partial charge in [-0.2, -0.15) is 0 Å². The van der Waals surface area contributed by atoms with E-state index in [1.807, 2.05) is 11.3 Å². The molecule has 0 radical (unpaired) electrons. The molecule has 0 aliphatic carbocycles. The Morgan fingerprint density at radius 1 is 0.952 bits per heavy atom. The second kappa shape index (κ2) is 5.58. The van der Waals surface area contributed by atoms with Crippen LogP contribution >= 0.6 is 27.3 Å². The first kappa shape index (κ1) is 14.8. The van der Waals surface area contributed by atoms with E-state index in [1.54, 1.807) is 0 Å². The van der Waals surface area contributed by atoms with Gasteiger partial charge < -0.3 is 0 Å². The van der Waals surface area contributed by atoms with E-state index in [2.05, 4.69) is 91.3 Å². The molecule has 21 heavy (non-hydrogen) atoms. The summed E-state index contributed by atoms with van der Waals surface area (Å²) in [6.45, 7) is 6.75. The summed E-state index contributed by atoms with van der Waals surface area (Å²) in [7, 11) is 0. The standard InChI is InChI=1S/C19H19BrS/c1-19(2,3)15-10-8-13(9-11-15)18(20)17-12-14-6-4-5-7-16(14)21-17/h4-12,18H,1-3H3. The number of hydrogen-bond donors (Lipinski definition) is 0. The molecular formula is C19H19BrS. The van der Waals surface area contributed by atoms with Gasteiger partial charge in [-0.05, 0) is 34.1 Å². The Morgan fingerprint density at radius 3 is 2.24 bits per heavy atom. The van der Waals surface area contributed by atoms with Gasteiger partial charge in [-0.1, -0.05) is 79.2 Å². The van der Waals surface area contributed by atoms with Crippen molar-refractivity contribution < 1.29 is 0 Å². The van der Waals surface area contributed by atoms with E-state index in [-0.39, 0.29) is 10.2 Å². The van der Waals surface area contributed by atoms with Crippen LogP contribution in [-0.4, -0.2) is 0 Å². The summed E-state index contributed by atoms with van der Waals surface area (Å²) in [5, 5.41) is 1.33. The van der Waals surface area contributed by atoms with E-state index in [9.17, 15) is 0 Å². The highest BCUT2D eigenvalue weighted by Gasteiger charge is 2.16. The molecule has 1 atom stereocenters. The van der Waals surface area contributed by atoms with E-state index in [0.717, 1.165) is 0 Å². The summed E-state index contributed by atoms with van der Waals surface area (Å²) in [5.41, 5.74) is 2.90. The molecule has 2 heteroatoms. The van der Waals surface area contributed by atoms with Crippen molar-refractivity contribution >= 4 is 37.4 Å². The fourth-order valence-corrected chi connectivity index (χ4v) is 4.23. The minimum Gasteiger partial charge on any atom is -0.139 e. The van der Waals surface area contributed by atoms with E-state index in [0.29, 0.717) is 0 Å². The van der Waals surface area contributed by atoms with Crippen molar-refractivity contribution in [2.45, 2.75) is 31.0 Å². The predicted molar refractivity (Wildman–Crippen MR) is 97.7 cm³/mol. The van der Waals surface area contributed by atoms with Crippen LogP contribution in [0.15, 0.2) is 54.6 Å². The molecule has 1 aromatic heterocycles. The fraction of sp³-hybridized carbons (Fsp3) is 0.263. The Kier molecular flexibility index (Phi) is 3.94. The third-order valence-corrected chi connectivity index (χ3v) is 6.27. The second-order valence-electron chi connectivity index (χ2n) is 6.42. The minimum atomic E-state index is 0.206. The lowest BCUT2D eigenvalue weighted by Gasteiger charge is -2.19. The van der Waals surface area contributed by atoms with Crippen LogP contribution in [0.1, 0.15) is 41.6 Å². The van der Waals surface area contributed by atoms with Crippen LogP contribution < -0.4 is 0 Å². The molecule has 3 aromatic rings. The van der Waals surface area contributed by atoms with Gasteiger partial charge in [0.25, 0.3) is 0 Å². The molecule has 1 heterocycles. The Bertz CT molecular complexity index is 714. The van der Waals surface area contributed by atoms with Gasteiger partial charge in [-0.15, -0.1) is 11.3 Å². The maximum absolute atomic E-state index is 3.86. The van der Waals surface area contributed by atoms with Gasteiger partial charge >= 0.3 is 0 Å². The molecule has 108 valence electrons. The van der Waals surface area contributed by atoms with Gasteiger partial charge in [0.2, 0.25) is 0 Å². The summed E-state index contributed by atoms with van der Waals surface area (Å²) in [5.74, 6) is 0. The number of rotatable bonds is 2. The average molecular weight is 359 g/mol. The van der Waals surface area contributed by atoms with Crippen LogP contribution in [0.2, 0.25) is 0 Å². The van der Waals surface area contributed by atoms with Crippen molar-refractivity contribution in [3.8, 4) is 0 Å². The van der Waals surface area contributed by atoms with Crippen molar-refractivity contribution in [2.75, 3.05) is 0 Å². The number of thiophene rings is 1. The number of halogens is 1. The molecular weight excluding hydrogens is 340 g/mol. The van der Waals surface area contributed by atoms with Crippen LogP contribution in [0.25, 0.3) is 10.1 Å². The first-order valence-electron chi connectivity index (χ1n) is 7.18. The Hall–Kier alpha value is -1.12. The third-order valence-electron chi connectivity index (χ3n) is 3.76. The van der Waals surface area contributed by atoms with Crippen LogP contribution in [-0.2, 0) is 5.41 Å².